The van der Waals surface area contributed by atoms with E-state index in [0.29, 0.717) is 5.75 Å². The van der Waals surface area contributed by atoms with Gasteiger partial charge in [-0.3, -0.25) is 0 Å². The summed E-state index contributed by atoms with van der Waals surface area (Å²) >= 11 is 1.43. The number of hydrogen-bond acceptors (Lipinski definition) is 7. The van der Waals surface area contributed by atoms with Crippen molar-refractivity contribution >= 4 is 34.5 Å². The van der Waals surface area contributed by atoms with Crippen LogP contribution in [0, 0.1) is 0 Å². The number of rotatable bonds is 8. The molecule has 11 heteroatoms. The van der Waals surface area contributed by atoms with Crippen LogP contribution in [0.3, 0.4) is 0 Å². The Hall–Kier alpha value is -2.43. The van der Waals surface area contributed by atoms with E-state index in [-0.39, 0.29) is 34.6 Å². The van der Waals surface area contributed by atoms with Gasteiger partial charge < -0.3 is 19.9 Å². The third kappa shape index (κ3) is 4.85. The lowest BCUT2D eigenvalue weighted by Crippen LogP contribution is -2.31. The van der Waals surface area contributed by atoms with Crippen molar-refractivity contribution < 1.29 is 32.5 Å². The summed E-state index contributed by atoms with van der Waals surface area (Å²) in [7, 11) is 2.72. The van der Waals surface area contributed by atoms with Crippen molar-refractivity contribution in [3.05, 3.63) is 18.0 Å². The van der Waals surface area contributed by atoms with Gasteiger partial charge >= 0.3 is 12.1 Å². The quantitative estimate of drug-likeness (QED) is 0.691. The van der Waals surface area contributed by atoms with Gasteiger partial charge in [0, 0.05) is 11.5 Å². The molecule has 0 saturated carbocycles. The molecule has 0 aliphatic carbocycles. The van der Waals surface area contributed by atoms with Crippen LogP contribution in [0.5, 0.6) is 11.5 Å². The number of fused-ring (bicyclic) bond motifs is 1. The number of benzene rings is 1. The number of hydrogen-bond donors (Lipinski definition) is 2. The molecule has 1 aromatic carbocycles. The van der Waals surface area contributed by atoms with Crippen LogP contribution in [0.15, 0.2) is 12.1 Å². The number of halogens is 3. The maximum Gasteiger partial charge on any atom is 0.451 e. The van der Waals surface area contributed by atoms with Crippen LogP contribution in [-0.4, -0.2) is 53.3 Å². The first kappa shape index (κ1) is 20.9. The molecule has 27 heavy (non-hydrogen) atoms. The molecule has 0 saturated heterocycles. The van der Waals surface area contributed by atoms with Crippen LogP contribution >= 0.6 is 11.8 Å². The standard InChI is InChI=1S/C16H18F3N3O4S/c1-25-11-6-8-10(7-12(11)26-2)21-15(16(17,18)19)22-13(8)20-9(14(23)24)4-5-27-3/h6-7,9H,4-5H2,1-3H3,(H,23,24)(H,20,21,22). The molecule has 0 amide bonds. The Morgan fingerprint density at radius 2 is 1.89 bits per heavy atom. The monoisotopic (exact) mass is 405 g/mol. The van der Waals surface area contributed by atoms with Crippen LogP contribution in [0.25, 0.3) is 10.9 Å². The van der Waals surface area contributed by atoms with Crippen molar-refractivity contribution in [2.45, 2.75) is 18.6 Å². The number of carboxylic acids is 1. The van der Waals surface area contributed by atoms with E-state index < -0.39 is 24.0 Å². The van der Waals surface area contributed by atoms with Gasteiger partial charge in [0.15, 0.2) is 11.5 Å². The van der Waals surface area contributed by atoms with Gasteiger partial charge in [-0.25, -0.2) is 14.8 Å². The normalized spacial score (nSPS) is 12.7. The number of alkyl halides is 3. The first-order valence-corrected chi connectivity index (χ1v) is 9.09. The lowest BCUT2D eigenvalue weighted by molar-refractivity contribution is -0.144. The number of methoxy groups -OCH3 is 2. The summed E-state index contributed by atoms with van der Waals surface area (Å²) in [6, 6.07) is 1.59. The smallest absolute Gasteiger partial charge is 0.451 e. The van der Waals surface area contributed by atoms with Crippen LogP contribution in [0.1, 0.15) is 12.2 Å². The number of nitrogens with one attached hydrogen (secondary N) is 1. The van der Waals surface area contributed by atoms with E-state index in [1.807, 2.05) is 0 Å². The van der Waals surface area contributed by atoms with Crippen LogP contribution in [0.2, 0.25) is 0 Å². The number of ether oxygens (including phenoxy) is 2. The predicted molar refractivity (Wildman–Crippen MR) is 95.7 cm³/mol. The summed E-state index contributed by atoms with van der Waals surface area (Å²) in [5, 5.41) is 12.2. The highest BCUT2D eigenvalue weighted by Gasteiger charge is 2.36. The van der Waals surface area contributed by atoms with Crippen molar-refractivity contribution in [2.24, 2.45) is 0 Å². The maximum atomic E-state index is 13.2. The topological polar surface area (TPSA) is 93.6 Å². The summed E-state index contributed by atoms with van der Waals surface area (Å²) < 4.78 is 49.8. The predicted octanol–water partition coefficient (Wildman–Crippen LogP) is 3.28. The molecule has 1 aromatic heterocycles. The van der Waals surface area contributed by atoms with E-state index in [0.717, 1.165) is 0 Å². The van der Waals surface area contributed by atoms with Gasteiger partial charge in [0.1, 0.15) is 11.9 Å². The lowest BCUT2D eigenvalue weighted by atomic mass is 10.1. The molecule has 2 rings (SSSR count). The Bertz CT molecular complexity index is 833. The Labute approximate surface area is 157 Å². The molecule has 0 fully saturated rings. The molecule has 0 aliphatic rings. The van der Waals surface area contributed by atoms with E-state index >= 15 is 0 Å². The molecular formula is C16H18F3N3O4S. The largest absolute Gasteiger partial charge is 0.493 e. The SMILES string of the molecule is COc1cc2nc(C(F)(F)F)nc(NC(CCSC)C(=O)O)c2cc1OC. The van der Waals surface area contributed by atoms with E-state index in [9.17, 15) is 23.1 Å². The third-order valence-corrected chi connectivity index (χ3v) is 4.32. The Balaban J connectivity index is 2.64. The van der Waals surface area contributed by atoms with E-state index in [1.54, 1.807) is 6.26 Å². The number of carbonyl (C=O) groups is 1. The molecule has 0 spiro atoms. The zero-order valence-electron chi connectivity index (χ0n) is 14.8. The van der Waals surface area contributed by atoms with E-state index in [1.165, 1.54) is 38.1 Å². The molecular weight excluding hydrogens is 387 g/mol. The van der Waals surface area contributed by atoms with E-state index in [2.05, 4.69) is 15.3 Å². The minimum atomic E-state index is -4.80. The molecule has 0 radical (unpaired) electrons. The summed E-state index contributed by atoms with van der Waals surface area (Å²) in [4.78, 5) is 18.5. The van der Waals surface area contributed by atoms with Gasteiger partial charge in [-0.05, 0) is 24.5 Å². The third-order valence-electron chi connectivity index (χ3n) is 3.67. The Morgan fingerprint density at radius 3 is 2.41 bits per heavy atom. The molecule has 0 bridgehead atoms. The van der Waals surface area contributed by atoms with Crippen molar-refractivity contribution in [1.82, 2.24) is 9.97 Å². The zero-order valence-corrected chi connectivity index (χ0v) is 15.6. The number of carboxylic acid groups (broad SMARTS) is 1. The van der Waals surface area contributed by atoms with Gasteiger partial charge in [0.25, 0.3) is 0 Å². The number of anilines is 1. The molecule has 1 unspecified atom stereocenters. The number of aliphatic carboxylic acids is 1. The summed E-state index contributed by atoms with van der Waals surface area (Å²) in [6.45, 7) is 0. The van der Waals surface area contributed by atoms with Crippen molar-refractivity contribution in [1.29, 1.82) is 0 Å². The molecule has 148 valence electrons. The second-order valence-corrected chi connectivity index (χ2v) is 6.42. The first-order valence-electron chi connectivity index (χ1n) is 7.70. The molecule has 2 aromatic rings. The van der Waals surface area contributed by atoms with Crippen LogP contribution in [0.4, 0.5) is 19.0 Å². The second kappa shape index (κ2) is 8.51. The molecule has 7 nitrogen and oxygen atoms in total. The Morgan fingerprint density at radius 1 is 1.26 bits per heavy atom. The average molecular weight is 405 g/mol. The first-order chi connectivity index (χ1) is 12.7. The average Bonchev–Trinajstić information content (AvgIpc) is 2.62. The fraction of sp³-hybridized carbons (Fsp3) is 0.438. The highest BCUT2D eigenvalue weighted by Crippen LogP contribution is 2.36. The fourth-order valence-corrected chi connectivity index (χ4v) is 2.82. The summed E-state index contributed by atoms with van der Waals surface area (Å²) in [5.41, 5.74) is -0.0496. The van der Waals surface area contributed by atoms with Crippen LogP contribution in [-0.2, 0) is 11.0 Å². The van der Waals surface area contributed by atoms with Gasteiger partial charge in [-0.1, -0.05) is 0 Å². The number of nitrogens with zero attached hydrogens (tertiary/aromatic N) is 2. The van der Waals surface area contributed by atoms with Gasteiger partial charge in [-0.15, -0.1) is 0 Å². The van der Waals surface area contributed by atoms with Crippen LogP contribution < -0.4 is 14.8 Å². The minimum Gasteiger partial charge on any atom is -0.493 e. The highest BCUT2D eigenvalue weighted by molar-refractivity contribution is 7.98. The Kier molecular flexibility index (Phi) is 6.58. The molecule has 0 aliphatic heterocycles. The van der Waals surface area contributed by atoms with Gasteiger partial charge in [0.2, 0.25) is 5.82 Å². The van der Waals surface area contributed by atoms with Crippen molar-refractivity contribution in [3.63, 3.8) is 0 Å². The highest BCUT2D eigenvalue weighted by atomic mass is 32.2. The zero-order chi connectivity index (χ0) is 20.2. The lowest BCUT2D eigenvalue weighted by Gasteiger charge is -2.18. The fourth-order valence-electron chi connectivity index (χ4n) is 2.35. The van der Waals surface area contributed by atoms with Gasteiger partial charge in [-0.2, -0.15) is 24.9 Å². The van der Waals surface area contributed by atoms with E-state index in [4.69, 9.17) is 9.47 Å². The summed E-state index contributed by atoms with van der Waals surface area (Å²) in [5.74, 6) is -1.84. The van der Waals surface area contributed by atoms with Crippen molar-refractivity contribution in [3.8, 4) is 11.5 Å². The summed E-state index contributed by atoms with van der Waals surface area (Å²) in [6.07, 6.45) is -2.79. The molecule has 1 heterocycles. The van der Waals surface area contributed by atoms with Crippen molar-refractivity contribution in [2.75, 3.05) is 31.5 Å². The molecule has 1 atom stereocenters. The second-order valence-electron chi connectivity index (χ2n) is 5.43. The number of aromatic nitrogens is 2. The molecule has 2 N–H and O–H groups in total. The minimum absolute atomic E-state index is 0.0496. The van der Waals surface area contributed by atoms with Gasteiger partial charge in [0.05, 0.1) is 19.7 Å². The number of thioether (sulfide) groups is 1. The maximum absolute atomic E-state index is 13.2.